The van der Waals surface area contributed by atoms with Crippen molar-refractivity contribution < 1.29 is 10.2 Å². The van der Waals surface area contributed by atoms with E-state index >= 15 is 0 Å². The molecule has 0 aromatic rings. The summed E-state index contributed by atoms with van der Waals surface area (Å²) < 4.78 is 0. The molecule has 36 valence electrons. The fraction of sp³-hybridized carbons (Fsp3) is 0.500. The SMILES string of the molecule is CC.OC#CO. The molecule has 2 heteroatoms. The molecule has 0 fully saturated rings. The lowest BCUT2D eigenvalue weighted by Gasteiger charge is -1.44. The van der Waals surface area contributed by atoms with Crippen molar-refractivity contribution in [2.45, 2.75) is 13.8 Å². The Balaban J connectivity index is 0. The zero-order chi connectivity index (χ0) is 5.41. The molecule has 0 radical (unpaired) electrons. The van der Waals surface area contributed by atoms with Gasteiger partial charge in [0.25, 0.3) is 0 Å². The van der Waals surface area contributed by atoms with Crippen LogP contribution in [0, 0.1) is 12.2 Å². The van der Waals surface area contributed by atoms with E-state index in [2.05, 4.69) is 0 Å². The van der Waals surface area contributed by atoms with Crippen LogP contribution in [0.5, 0.6) is 0 Å². The maximum Gasteiger partial charge on any atom is 0.152 e. The topological polar surface area (TPSA) is 40.5 Å². The predicted octanol–water partition coefficient (Wildman–Crippen LogP) is 0.676. The van der Waals surface area contributed by atoms with Gasteiger partial charge in [-0.1, -0.05) is 13.8 Å². The maximum absolute atomic E-state index is 7.26. The lowest BCUT2D eigenvalue weighted by atomic mass is 11.0. The third-order valence-corrected chi connectivity index (χ3v) is 0.0500. The number of aliphatic hydroxyl groups is 2. The van der Waals surface area contributed by atoms with Crippen molar-refractivity contribution >= 4 is 0 Å². The van der Waals surface area contributed by atoms with Gasteiger partial charge in [0.05, 0.1) is 0 Å². The van der Waals surface area contributed by atoms with Crippen molar-refractivity contribution in [2.75, 3.05) is 0 Å². The van der Waals surface area contributed by atoms with Gasteiger partial charge in [-0.15, -0.1) is 0 Å². The van der Waals surface area contributed by atoms with E-state index in [9.17, 15) is 0 Å². The first-order valence-electron chi connectivity index (χ1n) is 1.70. The number of hydrogen-bond acceptors (Lipinski definition) is 2. The molecule has 0 saturated heterocycles. The zero-order valence-electron chi connectivity index (χ0n) is 3.89. The first-order valence-corrected chi connectivity index (χ1v) is 1.70. The fourth-order valence-electron chi connectivity index (χ4n) is 0. The van der Waals surface area contributed by atoms with E-state index in [0.29, 0.717) is 0 Å². The second kappa shape index (κ2) is 30.9. The van der Waals surface area contributed by atoms with Crippen molar-refractivity contribution in [3.05, 3.63) is 0 Å². The summed E-state index contributed by atoms with van der Waals surface area (Å²) in [6.07, 6.45) is 2.47. The van der Waals surface area contributed by atoms with Crippen LogP contribution in [0.4, 0.5) is 0 Å². The molecule has 0 aromatic carbocycles. The summed E-state index contributed by atoms with van der Waals surface area (Å²) in [5.41, 5.74) is 0. The molecule has 0 aromatic heterocycles. The van der Waals surface area contributed by atoms with Crippen LogP contribution in [0.3, 0.4) is 0 Å². The summed E-state index contributed by atoms with van der Waals surface area (Å²) in [5.74, 6) is 0. The zero-order valence-corrected chi connectivity index (χ0v) is 3.89. The molecule has 2 N–H and O–H groups in total. The third-order valence-electron chi connectivity index (χ3n) is 0.0500. The van der Waals surface area contributed by atoms with Crippen LogP contribution >= 0.6 is 0 Å². The number of aliphatic hydroxyl groups excluding tert-OH is 2. The first-order chi connectivity index (χ1) is 2.91. The minimum absolute atomic E-state index is 1.24. The van der Waals surface area contributed by atoms with Crippen molar-refractivity contribution in [1.82, 2.24) is 0 Å². The van der Waals surface area contributed by atoms with Gasteiger partial charge in [-0.05, 0) is 0 Å². The average Bonchev–Trinajstić information content (AvgIpc) is 1.72. The van der Waals surface area contributed by atoms with Crippen LogP contribution < -0.4 is 0 Å². The highest BCUT2D eigenvalue weighted by Crippen LogP contribution is 1.24. The predicted molar refractivity (Wildman–Crippen MR) is 23.0 cm³/mol. The van der Waals surface area contributed by atoms with Crippen molar-refractivity contribution in [3.63, 3.8) is 0 Å². The average molecular weight is 88.1 g/mol. The van der Waals surface area contributed by atoms with Crippen molar-refractivity contribution in [3.8, 4) is 12.2 Å². The Morgan fingerprint density at radius 3 is 1.17 bits per heavy atom. The molecule has 0 spiro atoms. The highest BCUT2D eigenvalue weighted by atomic mass is 16.3. The van der Waals surface area contributed by atoms with E-state index in [4.69, 9.17) is 10.2 Å². The third kappa shape index (κ3) is 576. The van der Waals surface area contributed by atoms with Gasteiger partial charge >= 0.3 is 0 Å². The molecular formula is C4H8O2. The highest BCUT2D eigenvalue weighted by molar-refractivity contribution is 4.72. The monoisotopic (exact) mass is 88.1 g/mol. The molecule has 0 heterocycles. The molecule has 0 rings (SSSR count). The minimum atomic E-state index is 1.24. The Morgan fingerprint density at radius 1 is 1.00 bits per heavy atom. The maximum atomic E-state index is 7.26. The van der Waals surface area contributed by atoms with E-state index < -0.39 is 0 Å². The second-order valence-electron chi connectivity index (χ2n) is 0.224. The summed E-state index contributed by atoms with van der Waals surface area (Å²) in [6, 6.07) is 0. The standard InChI is InChI=1S/C2H2O2.C2H6/c3-1-2-4;1-2/h3-4H;1-2H3. The lowest BCUT2D eigenvalue weighted by molar-refractivity contribution is 0.471. The number of rotatable bonds is 0. The van der Waals surface area contributed by atoms with Gasteiger partial charge in [0.2, 0.25) is 0 Å². The van der Waals surface area contributed by atoms with Crippen LogP contribution in [-0.4, -0.2) is 10.2 Å². The van der Waals surface area contributed by atoms with Gasteiger partial charge in [0.1, 0.15) is 0 Å². The Labute approximate surface area is 37.4 Å². The number of hydrogen-bond donors (Lipinski definition) is 2. The summed E-state index contributed by atoms with van der Waals surface area (Å²) in [6.45, 7) is 4.00. The Hall–Kier alpha value is -0.840. The molecule has 0 unspecified atom stereocenters. The second-order valence-corrected chi connectivity index (χ2v) is 0.224. The van der Waals surface area contributed by atoms with Gasteiger partial charge in [0.15, 0.2) is 12.2 Å². The van der Waals surface area contributed by atoms with Gasteiger partial charge in [-0.3, -0.25) is 0 Å². The molecule has 0 bridgehead atoms. The molecule has 0 saturated carbocycles. The molecule has 0 aliphatic heterocycles. The van der Waals surface area contributed by atoms with Crippen LogP contribution in [0.1, 0.15) is 13.8 Å². The molecule has 2 nitrogen and oxygen atoms in total. The van der Waals surface area contributed by atoms with Crippen LogP contribution in [0.2, 0.25) is 0 Å². The van der Waals surface area contributed by atoms with E-state index in [1.807, 2.05) is 13.8 Å². The summed E-state index contributed by atoms with van der Waals surface area (Å²) in [5, 5.41) is 14.5. The van der Waals surface area contributed by atoms with Crippen molar-refractivity contribution in [1.29, 1.82) is 0 Å². The quantitative estimate of drug-likeness (QED) is 0.427. The largest absolute Gasteiger partial charge is 0.460 e. The smallest absolute Gasteiger partial charge is 0.152 e. The lowest BCUT2D eigenvalue weighted by Crippen LogP contribution is -1.44. The van der Waals surface area contributed by atoms with E-state index in [-0.39, 0.29) is 0 Å². The molecule has 0 atom stereocenters. The normalized spacial score (nSPS) is 3.00. The first kappa shape index (κ1) is 8.94. The van der Waals surface area contributed by atoms with Crippen LogP contribution in [0.25, 0.3) is 0 Å². The molecular weight excluding hydrogens is 80.0 g/mol. The fourth-order valence-corrected chi connectivity index (χ4v) is 0. The summed E-state index contributed by atoms with van der Waals surface area (Å²) >= 11 is 0. The summed E-state index contributed by atoms with van der Waals surface area (Å²) in [4.78, 5) is 0. The molecule has 0 aliphatic rings. The molecule has 6 heavy (non-hydrogen) atoms. The van der Waals surface area contributed by atoms with Gasteiger partial charge in [-0.2, -0.15) is 0 Å². The van der Waals surface area contributed by atoms with Gasteiger partial charge in [-0.25, -0.2) is 0 Å². The Morgan fingerprint density at radius 2 is 1.17 bits per heavy atom. The highest BCUT2D eigenvalue weighted by Gasteiger charge is 1.30. The van der Waals surface area contributed by atoms with Crippen LogP contribution in [-0.2, 0) is 0 Å². The van der Waals surface area contributed by atoms with Gasteiger partial charge in [0, 0.05) is 0 Å². The summed E-state index contributed by atoms with van der Waals surface area (Å²) in [7, 11) is 0. The van der Waals surface area contributed by atoms with Gasteiger partial charge < -0.3 is 10.2 Å². The van der Waals surface area contributed by atoms with E-state index in [1.54, 1.807) is 0 Å². The minimum Gasteiger partial charge on any atom is -0.460 e. The van der Waals surface area contributed by atoms with Crippen molar-refractivity contribution in [2.24, 2.45) is 0 Å². The van der Waals surface area contributed by atoms with Crippen LogP contribution in [0.15, 0.2) is 0 Å². The molecule has 0 amide bonds. The Bertz CT molecular complexity index is 42.3. The Kier molecular flexibility index (Phi) is 46.0. The molecule has 0 aliphatic carbocycles. The van der Waals surface area contributed by atoms with E-state index in [0.717, 1.165) is 0 Å². The van der Waals surface area contributed by atoms with E-state index in [1.165, 1.54) is 12.2 Å².